The largest absolute Gasteiger partial charge is 0.504 e. The van der Waals surface area contributed by atoms with Crippen LogP contribution in [0.5, 0.6) is 11.5 Å². The molecule has 9 heteroatoms. The summed E-state index contributed by atoms with van der Waals surface area (Å²) < 4.78 is 38.6. The highest BCUT2D eigenvalue weighted by Crippen LogP contribution is 2.41. The number of nitriles is 1. The van der Waals surface area contributed by atoms with Crippen molar-refractivity contribution in [1.82, 2.24) is 0 Å². The summed E-state index contributed by atoms with van der Waals surface area (Å²) in [5, 5.41) is 30.6. The maximum absolute atomic E-state index is 12.9. The van der Waals surface area contributed by atoms with E-state index in [9.17, 15) is 28.2 Å². The zero-order chi connectivity index (χ0) is 19.5. The molecule has 0 fully saturated rings. The molecule has 0 unspecified atom stereocenters. The lowest BCUT2D eigenvalue weighted by atomic mass is 10.1. The van der Waals surface area contributed by atoms with Crippen molar-refractivity contribution < 1.29 is 28.2 Å². The SMILES string of the molecule is N#CC(=Cc1cc(O)c(O)c(C(F)(F)F)c1)C(=O)Nc1cccc(Cl)c1. The van der Waals surface area contributed by atoms with Gasteiger partial charge in [0.1, 0.15) is 17.2 Å². The molecule has 5 nitrogen and oxygen atoms in total. The van der Waals surface area contributed by atoms with E-state index in [0.29, 0.717) is 11.1 Å². The van der Waals surface area contributed by atoms with Gasteiger partial charge in [0.25, 0.3) is 5.91 Å². The maximum atomic E-state index is 12.9. The van der Waals surface area contributed by atoms with Crippen molar-refractivity contribution in [3.05, 3.63) is 58.1 Å². The summed E-state index contributed by atoms with van der Waals surface area (Å²) in [7, 11) is 0. The van der Waals surface area contributed by atoms with Crippen LogP contribution in [0.4, 0.5) is 18.9 Å². The minimum Gasteiger partial charge on any atom is -0.504 e. The fraction of sp³-hybridized carbons (Fsp3) is 0.0588. The Labute approximate surface area is 150 Å². The van der Waals surface area contributed by atoms with Gasteiger partial charge in [-0.1, -0.05) is 17.7 Å². The van der Waals surface area contributed by atoms with E-state index in [1.54, 1.807) is 18.2 Å². The number of phenolic OH excluding ortho intramolecular Hbond substituents is 2. The van der Waals surface area contributed by atoms with Gasteiger partial charge in [-0.25, -0.2) is 0 Å². The van der Waals surface area contributed by atoms with Crippen molar-refractivity contribution in [1.29, 1.82) is 5.26 Å². The summed E-state index contributed by atoms with van der Waals surface area (Å²) in [5.74, 6) is -3.24. The number of anilines is 1. The van der Waals surface area contributed by atoms with E-state index < -0.39 is 34.7 Å². The van der Waals surface area contributed by atoms with Gasteiger partial charge in [0, 0.05) is 10.7 Å². The molecule has 0 heterocycles. The Kier molecular flexibility index (Phi) is 5.43. The first-order chi connectivity index (χ1) is 12.1. The number of aromatic hydroxyl groups is 2. The van der Waals surface area contributed by atoms with Crippen LogP contribution in [0, 0.1) is 11.3 Å². The number of hydrogen-bond donors (Lipinski definition) is 3. The molecule has 0 saturated carbocycles. The molecule has 0 atom stereocenters. The normalized spacial score (nSPS) is 11.7. The number of nitrogens with zero attached hydrogens (tertiary/aromatic N) is 1. The van der Waals surface area contributed by atoms with Gasteiger partial charge >= 0.3 is 6.18 Å². The third-order valence-electron chi connectivity index (χ3n) is 3.18. The molecule has 0 bridgehead atoms. The highest BCUT2D eigenvalue weighted by atomic mass is 35.5. The standard InChI is InChI=1S/C17H10ClF3N2O3/c18-11-2-1-3-12(7-11)23-16(26)10(8-22)4-9-5-13(17(19,20)21)15(25)14(24)6-9/h1-7,24-25H,(H,23,26). The lowest BCUT2D eigenvalue weighted by Gasteiger charge is -2.11. The fourth-order valence-electron chi connectivity index (χ4n) is 2.02. The van der Waals surface area contributed by atoms with E-state index in [1.165, 1.54) is 12.1 Å². The summed E-state index contributed by atoms with van der Waals surface area (Å²) >= 11 is 5.77. The number of phenols is 2. The van der Waals surface area contributed by atoms with Crippen LogP contribution in [0.2, 0.25) is 5.02 Å². The van der Waals surface area contributed by atoms with Gasteiger partial charge < -0.3 is 15.5 Å². The van der Waals surface area contributed by atoms with Gasteiger partial charge in [0.2, 0.25) is 0 Å². The van der Waals surface area contributed by atoms with Gasteiger partial charge in [0.05, 0.1) is 0 Å². The third kappa shape index (κ3) is 4.46. The fourth-order valence-corrected chi connectivity index (χ4v) is 2.21. The number of carbonyl (C=O) groups excluding carboxylic acids is 1. The molecule has 2 aromatic carbocycles. The Morgan fingerprint density at radius 3 is 2.50 bits per heavy atom. The predicted molar refractivity (Wildman–Crippen MR) is 88.4 cm³/mol. The molecule has 0 aliphatic rings. The van der Waals surface area contributed by atoms with Crippen LogP contribution >= 0.6 is 11.6 Å². The van der Waals surface area contributed by atoms with Gasteiger partial charge in [-0.3, -0.25) is 4.79 Å². The Morgan fingerprint density at radius 1 is 1.23 bits per heavy atom. The Bertz CT molecular complexity index is 934. The smallest absolute Gasteiger partial charge is 0.420 e. The van der Waals surface area contributed by atoms with Gasteiger partial charge in [0.15, 0.2) is 11.5 Å². The maximum Gasteiger partial charge on any atom is 0.420 e. The van der Waals surface area contributed by atoms with Crippen molar-refractivity contribution in [3.63, 3.8) is 0 Å². The van der Waals surface area contributed by atoms with Crippen molar-refractivity contribution in [3.8, 4) is 17.6 Å². The monoisotopic (exact) mass is 382 g/mol. The Morgan fingerprint density at radius 2 is 1.92 bits per heavy atom. The number of carbonyl (C=O) groups is 1. The lowest BCUT2D eigenvalue weighted by Crippen LogP contribution is -2.13. The Hall–Kier alpha value is -3.18. The average molecular weight is 383 g/mol. The van der Waals surface area contributed by atoms with E-state index in [1.807, 2.05) is 0 Å². The molecule has 2 aromatic rings. The summed E-state index contributed by atoms with van der Waals surface area (Å²) in [6, 6.07) is 8.93. The molecule has 2 rings (SSSR count). The molecular weight excluding hydrogens is 373 g/mol. The molecule has 0 aliphatic carbocycles. The molecule has 0 radical (unpaired) electrons. The molecular formula is C17H10ClF3N2O3. The first kappa shape index (κ1) is 19.1. The minimum atomic E-state index is -4.93. The minimum absolute atomic E-state index is 0.285. The van der Waals surface area contributed by atoms with Crippen molar-refractivity contribution in [2.75, 3.05) is 5.32 Å². The molecule has 3 N–H and O–H groups in total. The van der Waals surface area contributed by atoms with E-state index in [-0.39, 0.29) is 11.3 Å². The average Bonchev–Trinajstić information content (AvgIpc) is 2.54. The topological polar surface area (TPSA) is 93.3 Å². The molecule has 134 valence electrons. The number of amides is 1. The van der Waals surface area contributed by atoms with Crippen LogP contribution in [0.3, 0.4) is 0 Å². The number of rotatable bonds is 3. The van der Waals surface area contributed by atoms with Crippen molar-refractivity contribution in [2.45, 2.75) is 6.18 Å². The second-order valence-electron chi connectivity index (χ2n) is 5.07. The van der Waals surface area contributed by atoms with E-state index in [2.05, 4.69) is 5.32 Å². The summed E-state index contributed by atoms with van der Waals surface area (Å²) in [6.07, 6.45) is -4.07. The number of alkyl halides is 3. The molecule has 0 aromatic heterocycles. The van der Waals surface area contributed by atoms with Crippen molar-refractivity contribution >= 4 is 29.3 Å². The van der Waals surface area contributed by atoms with E-state index in [0.717, 1.165) is 12.1 Å². The lowest BCUT2D eigenvalue weighted by molar-refractivity contribution is -0.138. The van der Waals surface area contributed by atoms with Crippen molar-refractivity contribution in [2.24, 2.45) is 0 Å². The third-order valence-corrected chi connectivity index (χ3v) is 3.41. The first-order valence-corrected chi connectivity index (χ1v) is 7.31. The molecule has 26 heavy (non-hydrogen) atoms. The first-order valence-electron chi connectivity index (χ1n) is 6.93. The van der Waals surface area contributed by atoms with E-state index >= 15 is 0 Å². The highest BCUT2D eigenvalue weighted by Gasteiger charge is 2.35. The number of halogens is 4. The predicted octanol–water partition coefficient (Wildman–Crippen LogP) is 4.32. The van der Waals surface area contributed by atoms with E-state index in [4.69, 9.17) is 16.9 Å². The summed E-state index contributed by atoms with van der Waals surface area (Å²) in [6.45, 7) is 0. The number of benzene rings is 2. The van der Waals surface area contributed by atoms with Crippen LogP contribution in [0.15, 0.2) is 42.0 Å². The summed E-state index contributed by atoms with van der Waals surface area (Å²) in [4.78, 5) is 12.1. The van der Waals surface area contributed by atoms with Gasteiger partial charge in [-0.2, -0.15) is 18.4 Å². The van der Waals surface area contributed by atoms with Crippen LogP contribution in [-0.4, -0.2) is 16.1 Å². The van der Waals surface area contributed by atoms with Crippen LogP contribution in [0.25, 0.3) is 6.08 Å². The number of hydrogen-bond acceptors (Lipinski definition) is 4. The molecule has 0 saturated heterocycles. The number of nitrogens with one attached hydrogen (secondary N) is 1. The second-order valence-corrected chi connectivity index (χ2v) is 5.50. The highest BCUT2D eigenvalue weighted by molar-refractivity contribution is 6.31. The summed E-state index contributed by atoms with van der Waals surface area (Å²) in [5.41, 5.74) is -2.00. The molecule has 0 spiro atoms. The Balaban J connectivity index is 2.38. The molecule has 1 amide bonds. The second kappa shape index (κ2) is 7.37. The molecule has 0 aliphatic heterocycles. The van der Waals surface area contributed by atoms with Crippen LogP contribution in [0.1, 0.15) is 11.1 Å². The van der Waals surface area contributed by atoms with Crippen LogP contribution in [-0.2, 0) is 11.0 Å². The zero-order valence-corrected chi connectivity index (χ0v) is 13.6. The van der Waals surface area contributed by atoms with Gasteiger partial charge in [-0.05, 0) is 42.0 Å². The quantitative estimate of drug-likeness (QED) is 0.419. The zero-order valence-electron chi connectivity index (χ0n) is 12.8. The van der Waals surface area contributed by atoms with Crippen LogP contribution < -0.4 is 5.32 Å². The van der Waals surface area contributed by atoms with Gasteiger partial charge in [-0.15, -0.1) is 0 Å².